The van der Waals surface area contributed by atoms with Gasteiger partial charge >= 0.3 is 0 Å². The zero-order valence-electron chi connectivity index (χ0n) is 11.8. The van der Waals surface area contributed by atoms with Crippen LogP contribution in [0.3, 0.4) is 0 Å². The lowest BCUT2D eigenvalue weighted by Crippen LogP contribution is -2.10. The maximum Gasteiger partial charge on any atom is 0.0702 e. The molecule has 1 aromatic carbocycles. The Morgan fingerprint density at radius 3 is 2.79 bits per heavy atom. The van der Waals surface area contributed by atoms with Crippen LogP contribution in [-0.2, 0) is 0 Å². The standard InChI is InChI=1S/C17H24N2/c1-2-3-4-5-6-9-16(18)14-10-11-17-15(13-14)8-7-12-19-17/h7-8,10-13,16H,2-6,9,18H2,1H3. The summed E-state index contributed by atoms with van der Waals surface area (Å²) in [6, 6.07) is 10.6. The number of fused-ring (bicyclic) bond motifs is 1. The summed E-state index contributed by atoms with van der Waals surface area (Å²) < 4.78 is 0. The average Bonchev–Trinajstić information content (AvgIpc) is 2.46. The molecule has 2 N–H and O–H groups in total. The van der Waals surface area contributed by atoms with E-state index < -0.39 is 0 Å². The molecule has 2 rings (SSSR count). The van der Waals surface area contributed by atoms with Crippen molar-refractivity contribution in [2.75, 3.05) is 0 Å². The number of nitrogens with two attached hydrogens (primary N) is 1. The molecule has 0 aliphatic heterocycles. The van der Waals surface area contributed by atoms with Gasteiger partial charge in [-0.15, -0.1) is 0 Å². The van der Waals surface area contributed by atoms with Crippen molar-refractivity contribution in [2.45, 2.75) is 51.5 Å². The van der Waals surface area contributed by atoms with E-state index in [1.807, 2.05) is 12.3 Å². The van der Waals surface area contributed by atoms with E-state index in [1.165, 1.54) is 43.1 Å². The molecule has 0 radical (unpaired) electrons. The Labute approximate surface area is 116 Å². The van der Waals surface area contributed by atoms with Crippen LogP contribution >= 0.6 is 0 Å². The summed E-state index contributed by atoms with van der Waals surface area (Å²) in [5.41, 5.74) is 8.56. The second-order valence-electron chi connectivity index (χ2n) is 5.26. The number of unbranched alkanes of at least 4 members (excludes halogenated alkanes) is 4. The van der Waals surface area contributed by atoms with Gasteiger partial charge < -0.3 is 5.73 Å². The molecule has 0 amide bonds. The van der Waals surface area contributed by atoms with Gasteiger partial charge in [0.05, 0.1) is 5.52 Å². The normalized spacial score (nSPS) is 12.7. The van der Waals surface area contributed by atoms with Gasteiger partial charge in [-0.05, 0) is 30.2 Å². The van der Waals surface area contributed by atoms with Crippen LogP contribution in [-0.4, -0.2) is 4.98 Å². The molecule has 2 aromatic rings. The molecule has 0 fully saturated rings. The van der Waals surface area contributed by atoms with Crippen molar-refractivity contribution in [3.05, 3.63) is 42.1 Å². The second-order valence-corrected chi connectivity index (χ2v) is 5.26. The van der Waals surface area contributed by atoms with Crippen LogP contribution in [0.4, 0.5) is 0 Å². The molecule has 102 valence electrons. The topological polar surface area (TPSA) is 38.9 Å². The lowest BCUT2D eigenvalue weighted by atomic mass is 9.99. The number of aromatic nitrogens is 1. The molecule has 1 unspecified atom stereocenters. The molecule has 0 spiro atoms. The van der Waals surface area contributed by atoms with E-state index in [0.29, 0.717) is 0 Å². The van der Waals surface area contributed by atoms with Gasteiger partial charge in [-0.1, -0.05) is 51.2 Å². The van der Waals surface area contributed by atoms with Crippen LogP contribution in [0.2, 0.25) is 0 Å². The minimum Gasteiger partial charge on any atom is -0.324 e. The van der Waals surface area contributed by atoms with E-state index >= 15 is 0 Å². The van der Waals surface area contributed by atoms with Gasteiger partial charge in [-0.2, -0.15) is 0 Å². The molecule has 0 aliphatic rings. The first-order valence-corrected chi connectivity index (χ1v) is 7.41. The number of hydrogen-bond acceptors (Lipinski definition) is 2. The minimum atomic E-state index is 0.159. The summed E-state index contributed by atoms with van der Waals surface area (Å²) in [7, 11) is 0. The Hall–Kier alpha value is -1.41. The van der Waals surface area contributed by atoms with Gasteiger partial charge in [-0.25, -0.2) is 0 Å². The summed E-state index contributed by atoms with van der Waals surface area (Å²) in [6.45, 7) is 2.24. The molecule has 1 heterocycles. The number of benzene rings is 1. The van der Waals surface area contributed by atoms with Crippen LogP contribution in [0.5, 0.6) is 0 Å². The van der Waals surface area contributed by atoms with E-state index in [-0.39, 0.29) is 6.04 Å². The largest absolute Gasteiger partial charge is 0.324 e. The smallest absolute Gasteiger partial charge is 0.0702 e. The van der Waals surface area contributed by atoms with Crippen LogP contribution < -0.4 is 5.73 Å². The Kier molecular flexibility index (Phi) is 5.34. The molecule has 0 aliphatic carbocycles. The maximum absolute atomic E-state index is 6.28. The number of hydrogen-bond donors (Lipinski definition) is 1. The van der Waals surface area contributed by atoms with Crippen LogP contribution in [0.25, 0.3) is 10.9 Å². The summed E-state index contributed by atoms with van der Waals surface area (Å²) in [5, 5.41) is 1.18. The first-order chi connectivity index (χ1) is 9.31. The summed E-state index contributed by atoms with van der Waals surface area (Å²) >= 11 is 0. The Balaban J connectivity index is 1.91. The zero-order valence-corrected chi connectivity index (χ0v) is 11.8. The molecule has 2 nitrogen and oxygen atoms in total. The van der Waals surface area contributed by atoms with Gasteiger partial charge in [0.15, 0.2) is 0 Å². The Morgan fingerprint density at radius 1 is 1.11 bits per heavy atom. The molecule has 1 aromatic heterocycles. The predicted molar refractivity (Wildman–Crippen MR) is 82.0 cm³/mol. The summed E-state index contributed by atoms with van der Waals surface area (Å²) in [5.74, 6) is 0. The average molecular weight is 256 g/mol. The second kappa shape index (κ2) is 7.25. The highest BCUT2D eigenvalue weighted by atomic mass is 14.6. The van der Waals surface area contributed by atoms with Crippen LogP contribution in [0.1, 0.15) is 57.1 Å². The molecular formula is C17H24N2. The van der Waals surface area contributed by atoms with E-state index in [0.717, 1.165) is 11.9 Å². The molecular weight excluding hydrogens is 232 g/mol. The lowest BCUT2D eigenvalue weighted by Gasteiger charge is -2.12. The quantitative estimate of drug-likeness (QED) is 0.735. The van der Waals surface area contributed by atoms with Crippen molar-refractivity contribution in [2.24, 2.45) is 5.73 Å². The van der Waals surface area contributed by atoms with Crippen molar-refractivity contribution >= 4 is 10.9 Å². The van der Waals surface area contributed by atoms with E-state index in [4.69, 9.17) is 5.73 Å². The third-order valence-corrected chi connectivity index (χ3v) is 3.67. The highest BCUT2D eigenvalue weighted by Gasteiger charge is 2.06. The van der Waals surface area contributed by atoms with Gasteiger partial charge in [0.1, 0.15) is 0 Å². The van der Waals surface area contributed by atoms with Gasteiger partial charge in [0, 0.05) is 17.6 Å². The predicted octanol–water partition coefficient (Wildman–Crippen LogP) is 4.60. The van der Waals surface area contributed by atoms with Crippen LogP contribution in [0.15, 0.2) is 36.5 Å². The fourth-order valence-corrected chi connectivity index (χ4v) is 2.46. The number of pyridine rings is 1. The Morgan fingerprint density at radius 2 is 1.95 bits per heavy atom. The monoisotopic (exact) mass is 256 g/mol. The van der Waals surface area contributed by atoms with Crippen molar-refractivity contribution < 1.29 is 0 Å². The van der Waals surface area contributed by atoms with E-state index in [1.54, 1.807) is 0 Å². The van der Waals surface area contributed by atoms with Gasteiger partial charge in [0.2, 0.25) is 0 Å². The minimum absolute atomic E-state index is 0.159. The highest BCUT2D eigenvalue weighted by molar-refractivity contribution is 5.79. The van der Waals surface area contributed by atoms with E-state index in [9.17, 15) is 0 Å². The first-order valence-electron chi connectivity index (χ1n) is 7.41. The third-order valence-electron chi connectivity index (χ3n) is 3.67. The Bertz CT molecular complexity index is 507. The molecule has 1 atom stereocenters. The van der Waals surface area contributed by atoms with E-state index in [2.05, 4.69) is 36.2 Å². The molecule has 2 heteroatoms. The third kappa shape index (κ3) is 4.03. The number of nitrogens with zero attached hydrogens (tertiary/aromatic N) is 1. The van der Waals surface area contributed by atoms with Crippen molar-refractivity contribution in [3.8, 4) is 0 Å². The van der Waals surface area contributed by atoms with Crippen molar-refractivity contribution in [1.82, 2.24) is 4.98 Å². The molecule has 19 heavy (non-hydrogen) atoms. The lowest BCUT2D eigenvalue weighted by molar-refractivity contribution is 0.555. The molecule has 0 saturated carbocycles. The highest BCUT2D eigenvalue weighted by Crippen LogP contribution is 2.21. The number of rotatable bonds is 7. The first kappa shape index (κ1) is 14.0. The summed E-state index contributed by atoms with van der Waals surface area (Å²) in [6.07, 6.45) is 9.42. The van der Waals surface area contributed by atoms with Crippen LogP contribution in [0, 0.1) is 0 Å². The zero-order chi connectivity index (χ0) is 13.5. The summed E-state index contributed by atoms with van der Waals surface area (Å²) in [4.78, 5) is 4.34. The van der Waals surface area contributed by atoms with Gasteiger partial charge in [0.25, 0.3) is 0 Å². The van der Waals surface area contributed by atoms with Crippen molar-refractivity contribution in [3.63, 3.8) is 0 Å². The van der Waals surface area contributed by atoms with Crippen molar-refractivity contribution in [1.29, 1.82) is 0 Å². The fourth-order valence-electron chi connectivity index (χ4n) is 2.46. The fraction of sp³-hybridized carbons (Fsp3) is 0.471. The SMILES string of the molecule is CCCCCCCC(N)c1ccc2ncccc2c1. The van der Waals surface area contributed by atoms with Gasteiger partial charge in [-0.3, -0.25) is 4.98 Å². The molecule has 0 saturated heterocycles. The molecule has 0 bridgehead atoms. The maximum atomic E-state index is 6.28.